The first kappa shape index (κ1) is 11.1. The van der Waals surface area contributed by atoms with Crippen molar-refractivity contribution in [3.8, 4) is 0 Å². The molecule has 17 heavy (non-hydrogen) atoms. The van der Waals surface area contributed by atoms with Gasteiger partial charge in [-0.1, -0.05) is 35.0 Å². The average molecular weight is 288 g/mol. The molecule has 2 N–H and O–H groups in total. The summed E-state index contributed by atoms with van der Waals surface area (Å²) >= 11 is 13.0. The summed E-state index contributed by atoms with van der Waals surface area (Å²) in [5.41, 5.74) is 6.29. The maximum atomic E-state index is 7.51. The van der Waals surface area contributed by atoms with Gasteiger partial charge in [0.25, 0.3) is 0 Å². The van der Waals surface area contributed by atoms with Gasteiger partial charge in [0, 0.05) is 11.1 Å². The molecule has 4 nitrogen and oxygen atoms in total. The Balaban J connectivity index is 2.40. The van der Waals surface area contributed by atoms with Crippen molar-refractivity contribution in [2.75, 3.05) is 5.73 Å². The zero-order valence-corrected chi connectivity index (χ0v) is 11.1. The second-order valence-electron chi connectivity index (χ2n) is 3.13. The quantitative estimate of drug-likeness (QED) is 0.919. The van der Waals surface area contributed by atoms with Crippen LogP contribution in [0.5, 0.6) is 0 Å². The molecule has 0 aliphatic rings. The number of hydrogen-bond acceptors (Lipinski definition) is 5. The molecule has 2 rings (SSSR count). The summed E-state index contributed by atoms with van der Waals surface area (Å²) in [7, 11) is 0. The van der Waals surface area contributed by atoms with Crippen LogP contribution in [0.15, 0.2) is 28.4 Å². The predicted octanol–water partition coefficient (Wildman–Crippen LogP) is 3.22. The Morgan fingerprint density at radius 1 is 1.41 bits per heavy atom. The number of aryl methyl sites for hydroxylation is 1. The first-order chi connectivity index (χ1) is 8.47. The maximum absolute atomic E-state index is 7.51. The largest absolute Gasteiger partial charge is 0.382 e. The summed E-state index contributed by atoms with van der Waals surface area (Å²) < 4.78 is 7.51. The molecule has 0 atom stereocenters. The van der Waals surface area contributed by atoms with Crippen LogP contribution in [-0.2, 0) is 0 Å². The van der Waals surface area contributed by atoms with Gasteiger partial charge in [0.15, 0.2) is 0 Å². The SMILES string of the molecule is [2H]c1cc(Sc2ncc(Cl)nc2C)c(Cl)c(N)n1. The van der Waals surface area contributed by atoms with Gasteiger partial charge in [0.2, 0.25) is 0 Å². The first-order valence-electron chi connectivity index (χ1n) is 5.07. The summed E-state index contributed by atoms with van der Waals surface area (Å²) in [5, 5.41) is 1.30. The van der Waals surface area contributed by atoms with Crippen LogP contribution in [0.4, 0.5) is 5.82 Å². The lowest BCUT2D eigenvalue weighted by molar-refractivity contribution is 0.986. The monoisotopic (exact) mass is 287 g/mol. The zero-order valence-electron chi connectivity index (χ0n) is 9.74. The molecule has 88 valence electrons. The Labute approximate surface area is 114 Å². The predicted molar refractivity (Wildman–Crippen MR) is 69.6 cm³/mol. The van der Waals surface area contributed by atoms with Gasteiger partial charge in [0.1, 0.15) is 16.0 Å². The number of pyridine rings is 1. The van der Waals surface area contributed by atoms with Crippen molar-refractivity contribution >= 4 is 40.8 Å². The third kappa shape index (κ3) is 2.80. The summed E-state index contributed by atoms with van der Waals surface area (Å²) in [6.07, 6.45) is 1.51. The van der Waals surface area contributed by atoms with Crippen LogP contribution in [0.25, 0.3) is 0 Å². The fourth-order valence-electron chi connectivity index (χ4n) is 1.12. The Hall–Kier alpha value is -1.04. The van der Waals surface area contributed by atoms with E-state index in [-0.39, 0.29) is 12.0 Å². The van der Waals surface area contributed by atoms with Gasteiger partial charge in [-0.05, 0) is 13.0 Å². The van der Waals surface area contributed by atoms with Crippen LogP contribution in [0, 0.1) is 6.92 Å². The molecule has 0 aliphatic carbocycles. The lowest BCUT2D eigenvalue weighted by atomic mass is 10.5. The van der Waals surface area contributed by atoms with E-state index in [1.165, 1.54) is 24.0 Å². The van der Waals surface area contributed by atoms with Crippen LogP contribution in [0.2, 0.25) is 10.2 Å². The van der Waals surface area contributed by atoms with E-state index in [0.717, 1.165) is 0 Å². The minimum Gasteiger partial charge on any atom is -0.382 e. The van der Waals surface area contributed by atoms with Crippen molar-refractivity contribution in [2.24, 2.45) is 0 Å². The molecule has 2 aromatic rings. The smallest absolute Gasteiger partial charge is 0.147 e. The van der Waals surface area contributed by atoms with Crippen molar-refractivity contribution in [2.45, 2.75) is 16.8 Å². The van der Waals surface area contributed by atoms with Crippen molar-refractivity contribution in [3.05, 3.63) is 34.3 Å². The molecule has 7 heteroatoms. The fraction of sp³-hybridized carbons (Fsp3) is 0.100. The third-order valence-corrected chi connectivity index (χ3v) is 3.73. The molecule has 0 radical (unpaired) electrons. The third-order valence-electron chi connectivity index (χ3n) is 1.90. The topological polar surface area (TPSA) is 64.7 Å². The number of halogens is 2. The minimum absolute atomic E-state index is 0.0546. The van der Waals surface area contributed by atoms with Crippen molar-refractivity contribution in [3.63, 3.8) is 0 Å². The van der Waals surface area contributed by atoms with E-state index in [1.54, 1.807) is 6.92 Å². The molecule has 2 heterocycles. The van der Waals surface area contributed by atoms with Gasteiger partial charge in [-0.15, -0.1) is 0 Å². The van der Waals surface area contributed by atoms with Gasteiger partial charge >= 0.3 is 0 Å². The van der Waals surface area contributed by atoms with Gasteiger partial charge in [-0.25, -0.2) is 15.0 Å². The number of nitrogens with two attached hydrogens (primary N) is 1. The number of anilines is 1. The molecule has 0 saturated heterocycles. The van der Waals surface area contributed by atoms with E-state index in [2.05, 4.69) is 15.0 Å². The highest BCUT2D eigenvalue weighted by Crippen LogP contribution is 2.35. The van der Waals surface area contributed by atoms with E-state index in [0.29, 0.717) is 25.8 Å². The van der Waals surface area contributed by atoms with Crippen LogP contribution < -0.4 is 5.73 Å². The molecule has 0 aromatic carbocycles. The molecular weight excluding hydrogens is 279 g/mol. The number of aromatic nitrogens is 3. The Morgan fingerprint density at radius 2 is 2.18 bits per heavy atom. The molecule has 0 amide bonds. The summed E-state index contributed by atoms with van der Waals surface area (Å²) in [6, 6.07) is 1.53. The number of rotatable bonds is 2. The molecule has 0 saturated carbocycles. The van der Waals surface area contributed by atoms with E-state index in [9.17, 15) is 0 Å². The average Bonchev–Trinajstić information content (AvgIpc) is 2.29. The highest BCUT2D eigenvalue weighted by molar-refractivity contribution is 7.99. The fourth-order valence-corrected chi connectivity index (χ4v) is 2.32. The number of nitrogens with zero attached hydrogens (tertiary/aromatic N) is 3. The standard InChI is InChI=1S/C10H8Cl2N4S/c1-5-10(15-4-7(11)16-5)17-6-2-3-14-9(13)8(6)12/h2-4H,1H3,(H2,13,14)/i3D. The second kappa shape index (κ2) is 5.08. The molecule has 0 bridgehead atoms. The lowest BCUT2D eigenvalue weighted by Crippen LogP contribution is -1.93. The van der Waals surface area contributed by atoms with Crippen LogP contribution in [0.3, 0.4) is 0 Å². The van der Waals surface area contributed by atoms with E-state index in [1.807, 2.05) is 0 Å². The van der Waals surface area contributed by atoms with Crippen LogP contribution >= 0.6 is 35.0 Å². The summed E-state index contributed by atoms with van der Waals surface area (Å²) in [5.74, 6) is 0.131. The van der Waals surface area contributed by atoms with Crippen LogP contribution in [-0.4, -0.2) is 15.0 Å². The van der Waals surface area contributed by atoms with E-state index >= 15 is 0 Å². The number of nitrogen functional groups attached to an aromatic ring is 1. The van der Waals surface area contributed by atoms with Crippen molar-refractivity contribution < 1.29 is 1.37 Å². The molecular formula is C10H8Cl2N4S. The van der Waals surface area contributed by atoms with Gasteiger partial charge < -0.3 is 5.73 Å². The normalized spacial score (nSPS) is 11.4. The molecule has 0 unspecified atom stereocenters. The molecule has 0 spiro atoms. The second-order valence-corrected chi connectivity index (χ2v) is 4.93. The maximum Gasteiger partial charge on any atom is 0.147 e. The summed E-state index contributed by atoms with van der Waals surface area (Å²) in [4.78, 5) is 12.6. The zero-order chi connectivity index (χ0) is 13.3. The first-order valence-corrected chi connectivity index (χ1v) is 6.14. The molecule has 2 aromatic heterocycles. The molecule has 0 fully saturated rings. The Morgan fingerprint density at radius 3 is 2.88 bits per heavy atom. The van der Waals surface area contributed by atoms with Crippen molar-refractivity contribution in [1.29, 1.82) is 0 Å². The van der Waals surface area contributed by atoms with Gasteiger partial charge in [0.05, 0.1) is 18.3 Å². The van der Waals surface area contributed by atoms with Crippen LogP contribution in [0.1, 0.15) is 7.06 Å². The minimum atomic E-state index is 0.0546. The highest BCUT2D eigenvalue weighted by Gasteiger charge is 2.10. The van der Waals surface area contributed by atoms with E-state index < -0.39 is 0 Å². The Bertz CT molecular complexity index is 609. The Kier molecular flexibility index (Phi) is 3.31. The van der Waals surface area contributed by atoms with Gasteiger partial charge in [-0.3, -0.25) is 0 Å². The van der Waals surface area contributed by atoms with E-state index in [4.69, 9.17) is 30.3 Å². The highest BCUT2D eigenvalue weighted by atomic mass is 35.5. The summed E-state index contributed by atoms with van der Waals surface area (Å²) in [6.45, 7) is 1.79. The molecule has 0 aliphatic heterocycles. The lowest BCUT2D eigenvalue weighted by Gasteiger charge is -2.06. The van der Waals surface area contributed by atoms with Crippen molar-refractivity contribution in [1.82, 2.24) is 15.0 Å². The number of hydrogen-bond donors (Lipinski definition) is 1. The van der Waals surface area contributed by atoms with Gasteiger partial charge in [-0.2, -0.15) is 0 Å².